The van der Waals surface area contributed by atoms with Crippen LogP contribution in [0.3, 0.4) is 0 Å². The van der Waals surface area contributed by atoms with Gasteiger partial charge in [0.05, 0.1) is 5.02 Å². The first kappa shape index (κ1) is 15.9. The van der Waals surface area contributed by atoms with Gasteiger partial charge in [0.1, 0.15) is 12.4 Å². The van der Waals surface area contributed by atoms with E-state index in [4.69, 9.17) is 22.1 Å². The molecule has 0 aliphatic rings. The Hall–Kier alpha value is -1.51. The third kappa shape index (κ3) is 4.48. The van der Waals surface area contributed by atoms with Crippen LogP contribution in [0.5, 0.6) is 5.75 Å². The second-order valence-electron chi connectivity index (χ2n) is 5.65. The van der Waals surface area contributed by atoms with Gasteiger partial charge in [-0.3, -0.25) is 0 Å². The maximum Gasteiger partial charge on any atom is 0.138 e. The Morgan fingerprint density at radius 1 is 1.05 bits per heavy atom. The zero-order valence-corrected chi connectivity index (χ0v) is 13.6. The van der Waals surface area contributed by atoms with Crippen molar-refractivity contribution < 1.29 is 4.74 Å². The highest BCUT2D eigenvalue weighted by Crippen LogP contribution is 2.27. The van der Waals surface area contributed by atoms with Gasteiger partial charge in [0.15, 0.2) is 0 Å². The molecule has 1 unspecified atom stereocenters. The molecule has 0 aliphatic carbocycles. The minimum Gasteiger partial charge on any atom is -0.487 e. The van der Waals surface area contributed by atoms with Gasteiger partial charge >= 0.3 is 0 Å². The summed E-state index contributed by atoms with van der Waals surface area (Å²) in [7, 11) is 0. The smallest absolute Gasteiger partial charge is 0.138 e. The Morgan fingerprint density at radius 2 is 1.76 bits per heavy atom. The molecule has 0 aromatic heterocycles. The Kier molecular flexibility index (Phi) is 5.27. The fourth-order valence-corrected chi connectivity index (χ4v) is 2.47. The monoisotopic (exact) mass is 303 g/mol. The predicted molar refractivity (Wildman–Crippen MR) is 89.1 cm³/mol. The van der Waals surface area contributed by atoms with E-state index in [0.717, 1.165) is 17.5 Å². The summed E-state index contributed by atoms with van der Waals surface area (Å²) in [4.78, 5) is 0. The van der Waals surface area contributed by atoms with Crippen molar-refractivity contribution in [2.24, 2.45) is 5.73 Å². The number of aryl methyl sites for hydroxylation is 2. The van der Waals surface area contributed by atoms with Crippen molar-refractivity contribution in [1.29, 1.82) is 0 Å². The van der Waals surface area contributed by atoms with Crippen molar-refractivity contribution in [1.82, 2.24) is 0 Å². The fourth-order valence-electron chi connectivity index (χ4n) is 2.21. The summed E-state index contributed by atoms with van der Waals surface area (Å²) in [5.74, 6) is 0.711. The van der Waals surface area contributed by atoms with Gasteiger partial charge in [0.2, 0.25) is 0 Å². The third-order valence-electron chi connectivity index (χ3n) is 3.52. The average Bonchev–Trinajstić information content (AvgIpc) is 2.41. The lowest BCUT2D eigenvalue weighted by Gasteiger charge is -2.11. The van der Waals surface area contributed by atoms with Crippen molar-refractivity contribution in [3.8, 4) is 5.75 Å². The Bertz CT molecular complexity index is 623. The van der Waals surface area contributed by atoms with Crippen molar-refractivity contribution >= 4 is 11.6 Å². The molecule has 2 aromatic carbocycles. The van der Waals surface area contributed by atoms with Crippen LogP contribution >= 0.6 is 11.6 Å². The number of halogens is 1. The van der Waals surface area contributed by atoms with Crippen LogP contribution in [0, 0.1) is 13.8 Å². The van der Waals surface area contributed by atoms with Crippen molar-refractivity contribution in [2.75, 3.05) is 0 Å². The maximum absolute atomic E-state index is 6.27. The topological polar surface area (TPSA) is 35.2 Å². The molecule has 0 radical (unpaired) electrons. The lowest BCUT2D eigenvalue weighted by Crippen LogP contribution is -2.17. The van der Waals surface area contributed by atoms with Crippen LogP contribution in [0.25, 0.3) is 0 Å². The highest BCUT2D eigenvalue weighted by molar-refractivity contribution is 6.32. The molecule has 0 bridgehead atoms. The minimum absolute atomic E-state index is 0.128. The van der Waals surface area contributed by atoms with Crippen LogP contribution in [0.4, 0.5) is 0 Å². The second-order valence-corrected chi connectivity index (χ2v) is 6.06. The normalized spacial score (nSPS) is 12.2. The van der Waals surface area contributed by atoms with E-state index in [-0.39, 0.29) is 6.04 Å². The number of nitrogens with two attached hydrogens (primary N) is 1. The summed E-state index contributed by atoms with van der Waals surface area (Å²) in [6.07, 6.45) is 0.817. The van der Waals surface area contributed by atoms with Crippen LogP contribution in [0.2, 0.25) is 5.02 Å². The number of hydrogen-bond acceptors (Lipinski definition) is 2. The van der Waals surface area contributed by atoms with Crippen LogP contribution in [-0.4, -0.2) is 6.04 Å². The highest BCUT2D eigenvalue weighted by atomic mass is 35.5. The zero-order chi connectivity index (χ0) is 15.4. The molecule has 112 valence electrons. The summed E-state index contributed by atoms with van der Waals surface area (Å²) >= 11 is 6.27. The predicted octanol–water partition coefficient (Wildman–Crippen LogP) is 4.43. The molecule has 1 atom stereocenters. The Morgan fingerprint density at radius 3 is 2.38 bits per heavy atom. The van der Waals surface area contributed by atoms with E-state index in [1.165, 1.54) is 11.1 Å². The number of hydrogen-bond donors (Lipinski definition) is 1. The lowest BCUT2D eigenvalue weighted by molar-refractivity contribution is 0.306. The standard InChI is InChI=1S/C18H22ClNO/c1-12-4-5-16(8-13(12)2)11-21-18-7-6-15(9-14(3)20)10-17(18)19/h4-8,10,14H,9,11,20H2,1-3H3. The molecule has 2 aromatic rings. The molecule has 3 heteroatoms. The van der Waals surface area contributed by atoms with E-state index in [2.05, 4.69) is 32.0 Å². The first-order valence-corrected chi connectivity index (χ1v) is 7.56. The van der Waals surface area contributed by atoms with Crippen LogP contribution in [0.15, 0.2) is 36.4 Å². The largest absolute Gasteiger partial charge is 0.487 e. The van der Waals surface area contributed by atoms with Gasteiger partial charge < -0.3 is 10.5 Å². The first-order valence-electron chi connectivity index (χ1n) is 7.18. The molecule has 0 fully saturated rings. The summed E-state index contributed by atoms with van der Waals surface area (Å²) < 4.78 is 5.81. The number of rotatable bonds is 5. The molecule has 0 amide bonds. The summed E-state index contributed by atoms with van der Waals surface area (Å²) in [5.41, 5.74) is 10.6. The number of benzene rings is 2. The van der Waals surface area contributed by atoms with Crippen LogP contribution in [0.1, 0.15) is 29.2 Å². The molecular formula is C18H22ClNO. The molecule has 2 N–H and O–H groups in total. The van der Waals surface area contributed by atoms with Crippen molar-refractivity contribution in [2.45, 2.75) is 39.8 Å². The molecule has 0 aliphatic heterocycles. The van der Waals surface area contributed by atoms with Gasteiger partial charge in [-0.05, 0) is 61.6 Å². The Balaban J connectivity index is 2.04. The van der Waals surface area contributed by atoms with E-state index in [1.54, 1.807) is 0 Å². The van der Waals surface area contributed by atoms with Gasteiger partial charge in [-0.25, -0.2) is 0 Å². The summed E-state index contributed by atoms with van der Waals surface area (Å²) in [6.45, 7) is 6.72. The van der Waals surface area contributed by atoms with Gasteiger partial charge in [0.25, 0.3) is 0 Å². The quantitative estimate of drug-likeness (QED) is 0.887. The van der Waals surface area contributed by atoms with Gasteiger partial charge in [-0.1, -0.05) is 35.9 Å². The van der Waals surface area contributed by atoms with Crippen molar-refractivity contribution in [3.05, 3.63) is 63.7 Å². The van der Waals surface area contributed by atoms with E-state index < -0.39 is 0 Å². The molecular weight excluding hydrogens is 282 g/mol. The van der Waals surface area contributed by atoms with Gasteiger partial charge in [-0.15, -0.1) is 0 Å². The highest BCUT2D eigenvalue weighted by Gasteiger charge is 2.06. The summed E-state index contributed by atoms with van der Waals surface area (Å²) in [5, 5.41) is 0.636. The molecule has 0 heterocycles. The second kappa shape index (κ2) is 6.97. The van der Waals surface area contributed by atoms with E-state index in [1.807, 2.05) is 25.1 Å². The van der Waals surface area contributed by atoms with Gasteiger partial charge in [-0.2, -0.15) is 0 Å². The molecule has 2 rings (SSSR count). The van der Waals surface area contributed by atoms with E-state index >= 15 is 0 Å². The minimum atomic E-state index is 0.128. The van der Waals surface area contributed by atoms with E-state index in [9.17, 15) is 0 Å². The summed E-state index contributed by atoms with van der Waals surface area (Å²) in [6, 6.07) is 12.3. The average molecular weight is 304 g/mol. The van der Waals surface area contributed by atoms with Crippen molar-refractivity contribution in [3.63, 3.8) is 0 Å². The number of ether oxygens (including phenoxy) is 1. The zero-order valence-electron chi connectivity index (χ0n) is 12.8. The molecule has 0 saturated carbocycles. The third-order valence-corrected chi connectivity index (χ3v) is 3.81. The Labute approximate surface area is 131 Å². The molecule has 0 saturated heterocycles. The SMILES string of the molecule is Cc1ccc(COc2ccc(CC(C)N)cc2Cl)cc1C. The van der Waals surface area contributed by atoms with Crippen LogP contribution in [-0.2, 0) is 13.0 Å². The molecule has 2 nitrogen and oxygen atoms in total. The van der Waals surface area contributed by atoms with Crippen LogP contribution < -0.4 is 10.5 Å². The first-order chi connectivity index (χ1) is 9.95. The lowest BCUT2D eigenvalue weighted by atomic mass is 10.1. The van der Waals surface area contributed by atoms with E-state index in [0.29, 0.717) is 17.4 Å². The van der Waals surface area contributed by atoms with Gasteiger partial charge in [0, 0.05) is 6.04 Å². The molecule has 0 spiro atoms. The fraction of sp³-hybridized carbons (Fsp3) is 0.333. The molecule has 21 heavy (non-hydrogen) atoms. The maximum atomic E-state index is 6.27.